The van der Waals surface area contributed by atoms with Gasteiger partial charge in [0.25, 0.3) is 5.91 Å². The average Bonchev–Trinajstić information content (AvgIpc) is 2.45. The van der Waals surface area contributed by atoms with Crippen LogP contribution in [-0.4, -0.2) is 18.0 Å². The van der Waals surface area contributed by atoms with E-state index >= 15 is 0 Å². The maximum Gasteiger partial charge on any atom is 0.416 e. The molecule has 22 heavy (non-hydrogen) atoms. The van der Waals surface area contributed by atoms with Crippen molar-refractivity contribution in [2.24, 2.45) is 5.73 Å². The minimum Gasteiger partial charge on any atom is -0.494 e. The molecule has 8 heteroatoms. The Hall–Kier alpha value is -2.64. The van der Waals surface area contributed by atoms with Gasteiger partial charge >= 0.3 is 6.18 Å². The van der Waals surface area contributed by atoms with Gasteiger partial charge in [0.1, 0.15) is 23.0 Å². The molecule has 1 aromatic heterocycles. The van der Waals surface area contributed by atoms with Gasteiger partial charge in [0.2, 0.25) is 0 Å². The van der Waals surface area contributed by atoms with Gasteiger partial charge in [-0.3, -0.25) is 4.79 Å². The summed E-state index contributed by atoms with van der Waals surface area (Å²) in [5.41, 5.74) is 3.14. The van der Waals surface area contributed by atoms with E-state index in [0.29, 0.717) is 18.2 Å². The molecule has 1 heterocycles. The molecule has 2 aromatic rings. The molecule has 0 spiro atoms. The Morgan fingerprint density at radius 3 is 2.45 bits per heavy atom. The maximum atomic E-state index is 13.9. The lowest BCUT2D eigenvalue weighted by Crippen LogP contribution is -2.14. The molecule has 0 saturated carbocycles. The lowest BCUT2D eigenvalue weighted by atomic mass is 10.1. The van der Waals surface area contributed by atoms with Crippen molar-refractivity contribution in [3.05, 3.63) is 47.4 Å². The van der Waals surface area contributed by atoms with Gasteiger partial charge in [-0.2, -0.15) is 13.2 Å². The molecule has 1 amide bonds. The molecule has 0 fully saturated rings. The Bertz CT molecular complexity index is 729. The van der Waals surface area contributed by atoms with E-state index in [2.05, 4.69) is 4.98 Å². The highest BCUT2D eigenvalue weighted by atomic mass is 19.4. The molecule has 0 radical (unpaired) electrons. The second kappa shape index (κ2) is 5.63. The normalized spacial score (nSPS) is 11.3. The molecule has 0 unspecified atom stereocenters. The number of hydrogen-bond acceptors (Lipinski definition) is 3. The summed E-state index contributed by atoms with van der Waals surface area (Å²) in [6, 6.07) is 4.41. The van der Waals surface area contributed by atoms with Crippen LogP contribution in [0, 0.1) is 5.82 Å². The number of benzene rings is 1. The van der Waals surface area contributed by atoms with E-state index in [0.717, 1.165) is 0 Å². The van der Waals surface area contributed by atoms with E-state index in [4.69, 9.17) is 10.5 Å². The molecule has 0 bridgehead atoms. The Kier molecular flexibility index (Phi) is 4.03. The van der Waals surface area contributed by atoms with Gasteiger partial charge in [-0.25, -0.2) is 9.37 Å². The summed E-state index contributed by atoms with van der Waals surface area (Å²) in [6.07, 6.45) is -4.64. The summed E-state index contributed by atoms with van der Waals surface area (Å²) in [5, 5.41) is 0. The minimum absolute atomic E-state index is 0.0169. The molecule has 0 aliphatic carbocycles. The predicted molar refractivity (Wildman–Crippen MR) is 69.7 cm³/mol. The number of nitrogens with two attached hydrogens (primary N) is 1. The smallest absolute Gasteiger partial charge is 0.416 e. The summed E-state index contributed by atoms with van der Waals surface area (Å²) in [5.74, 6) is -1.81. The standard InChI is InChI=1S/C14H10F4N2O2/c1-22-11-5-4-10(13(19)21)20-12(11)8-6-7(14(16,17)18)2-3-9(8)15/h2-6H,1H3,(H2,19,21). The van der Waals surface area contributed by atoms with E-state index in [1.165, 1.54) is 19.2 Å². The summed E-state index contributed by atoms with van der Waals surface area (Å²) < 4.78 is 57.1. The number of nitrogens with zero attached hydrogens (tertiary/aromatic N) is 1. The monoisotopic (exact) mass is 314 g/mol. The molecular formula is C14H10F4N2O2. The number of methoxy groups -OCH3 is 1. The fourth-order valence-corrected chi connectivity index (χ4v) is 1.82. The van der Waals surface area contributed by atoms with E-state index in [1.54, 1.807) is 0 Å². The number of pyridine rings is 1. The van der Waals surface area contributed by atoms with Crippen molar-refractivity contribution >= 4 is 5.91 Å². The van der Waals surface area contributed by atoms with Crippen LogP contribution in [0.25, 0.3) is 11.3 Å². The van der Waals surface area contributed by atoms with Gasteiger partial charge in [-0.05, 0) is 30.3 Å². The third-order valence-corrected chi connectivity index (χ3v) is 2.88. The number of ether oxygens (including phenoxy) is 1. The summed E-state index contributed by atoms with van der Waals surface area (Å²) in [4.78, 5) is 14.9. The first-order chi connectivity index (χ1) is 10.2. The first kappa shape index (κ1) is 15.7. The predicted octanol–water partition coefficient (Wildman–Crippen LogP) is 3.01. The van der Waals surface area contributed by atoms with Crippen molar-refractivity contribution in [1.82, 2.24) is 4.98 Å². The van der Waals surface area contributed by atoms with Crippen LogP contribution in [0.15, 0.2) is 30.3 Å². The van der Waals surface area contributed by atoms with Gasteiger partial charge in [0.15, 0.2) is 0 Å². The molecule has 116 valence electrons. The quantitative estimate of drug-likeness (QED) is 0.886. The second-order valence-electron chi connectivity index (χ2n) is 4.30. The van der Waals surface area contributed by atoms with Crippen molar-refractivity contribution in [2.45, 2.75) is 6.18 Å². The number of amides is 1. The van der Waals surface area contributed by atoms with Crippen LogP contribution < -0.4 is 10.5 Å². The number of carbonyl (C=O) groups is 1. The molecule has 2 rings (SSSR count). The Morgan fingerprint density at radius 1 is 1.23 bits per heavy atom. The molecule has 1 aromatic carbocycles. The molecule has 0 aliphatic heterocycles. The maximum absolute atomic E-state index is 13.9. The molecular weight excluding hydrogens is 304 g/mol. The van der Waals surface area contributed by atoms with Crippen LogP contribution in [-0.2, 0) is 6.18 Å². The number of aromatic nitrogens is 1. The molecule has 4 nitrogen and oxygen atoms in total. The number of rotatable bonds is 3. The van der Waals surface area contributed by atoms with Crippen molar-refractivity contribution in [3.63, 3.8) is 0 Å². The van der Waals surface area contributed by atoms with Crippen LogP contribution in [0.4, 0.5) is 17.6 Å². The zero-order valence-electron chi connectivity index (χ0n) is 11.2. The number of alkyl halides is 3. The molecule has 2 N–H and O–H groups in total. The fraction of sp³-hybridized carbons (Fsp3) is 0.143. The SMILES string of the molecule is COc1ccc(C(N)=O)nc1-c1cc(C(F)(F)F)ccc1F. The van der Waals surface area contributed by atoms with E-state index in [9.17, 15) is 22.4 Å². The number of primary amides is 1. The van der Waals surface area contributed by atoms with E-state index in [-0.39, 0.29) is 17.1 Å². The van der Waals surface area contributed by atoms with Crippen molar-refractivity contribution < 1.29 is 27.1 Å². The topological polar surface area (TPSA) is 65.2 Å². The van der Waals surface area contributed by atoms with Crippen LogP contribution in [0.5, 0.6) is 5.75 Å². The zero-order valence-corrected chi connectivity index (χ0v) is 11.2. The van der Waals surface area contributed by atoms with Gasteiger partial charge in [0.05, 0.1) is 12.7 Å². The highest BCUT2D eigenvalue weighted by molar-refractivity contribution is 5.91. The van der Waals surface area contributed by atoms with Gasteiger partial charge in [-0.15, -0.1) is 0 Å². The highest BCUT2D eigenvalue weighted by Crippen LogP contribution is 2.36. The first-order valence-electron chi connectivity index (χ1n) is 5.96. The molecule has 0 aliphatic rings. The lowest BCUT2D eigenvalue weighted by Gasteiger charge is -2.12. The number of hydrogen-bond donors (Lipinski definition) is 1. The Labute approximate surface area is 122 Å². The summed E-state index contributed by atoms with van der Waals surface area (Å²) in [7, 11) is 1.25. The summed E-state index contributed by atoms with van der Waals surface area (Å²) in [6.45, 7) is 0. The molecule has 0 saturated heterocycles. The van der Waals surface area contributed by atoms with Gasteiger partial charge in [-0.1, -0.05) is 0 Å². The third kappa shape index (κ3) is 3.00. The summed E-state index contributed by atoms with van der Waals surface area (Å²) >= 11 is 0. The van der Waals surface area contributed by atoms with Gasteiger partial charge < -0.3 is 10.5 Å². The van der Waals surface area contributed by atoms with Crippen LogP contribution in [0.2, 0.25) is 0 Å². The fourth-order valence-electron chi connectivity index (χ4n) is 1.82. The van der Waals surface area contributed by atoms with Gasteiger partial charge in [0, 0.05) is 5.56 Å². The number of halogens is 4. The van der Waals surface area contributed by atoms with E-state index in [1.807, 2.05) is 0 Å². The van der Waals surface area contributed by atoms with Crippen molar-refractivity contribution in [1.29, 1.82) is 0 Å². The zero-order chi connectivity index (χ0) is 16.5. The van der Waals surface area contributed by atoms with E-state index < -0.39 is 29.0 Å². The largest absolute Gasteiger partial charge is 0.494 e. The van der Waals surface area contributed by atoms with Crippen molar-refractivity contribution in [3.8, 4) is 17.0 Å². The lowest BCUT2D eigenvalue weighted by molar-refractivity contribution is -0.137. The Balaban J connectivity index is 2.69. The average molecular weight is 314 g/mol. The molecule has 0 atom stereocenters. The van der Waals surface area contributed by atoms with Crippen molar-refractivity contribution in [2.75, 3.05) is 7.11 Å². The Morgan fingerprint density at radius 2 is 1.91 bits per heavy atom. The van der Waals surface area contributed by atoms with Crippen LogP contribution >= 0.6 is 0 Å². The highest BCUT2D eigenvalue weighted by Gasteiger charge is 2.31. The minimum atomic E-state index is -4.64. The van der Waals surface area contributed by atoms with Crippen LogP contribution in [0.3, 0.4) is 0 Å². The second-order valence-corrected chi connectivity index (χ2v) is 4.30. The number of carbonyl (C=O) groups excluding carboxylic acids is 1. The third-order valence-electron chi connectivity index (χ3n) is 2.88. The van der Waals surface area contributed by atoms with Crippen LogP contribution in [0.1, 0.15) is 16.1 Å². The first-order valence-corrected chi connectivity index (χ1v) is 5.96.